The van der Waals surface area contributed by atoms with Crippen molar-refractivity contribution in [3.05, 3.63) is 63.6 Å². The molecule has 126 valence electrons. The molecule has 1 aliphatic carbocycles. The van der Waals surface area contributed by atoms with Crippen LogP contribution in [-0.2, 0) is 24.1 Å². The van der Waals surface area contributed by atoms with Gasteiger partial charge in [-0.3, -0.25) is 4.79 Å². The van der Waals surface area contributed by atoms with E-state index >= 15 is 0 Å². The van der Waals surface area contributed by atoms with E-state index in [0.29, 0.717) is 19.6 Å². The Morgan fingerprint density at radius 1 is 1.04 bits per heavy atom. The van der Waals surface area contributed by atoms with E-state index < -0.39 is 0 Å². The van der Waals surface area contributed by atoms with Gasteiger partial charge in [-0.15, -0.1) is 0 Å². The highest BCUT2D eigenvalue weighted by molar-refractivity contribution is 9.10. The number of ether oxygens (including phenoxy) is 1. The number of nitrogens with one attached hydrogen (secondary N) is 1. The van der Waals surface area contributed by atoms with Gasteiger partial charge in [-0.05, 0) is 66.6 Å². The zero-order valence-corrected chi connectivity index (χ0v) is 15.3. The summed E-state index contributed by atoms with van der Waals surface area (Å²) in [4.78, 5) is 11.9. The number of fused-ring (bicyclic) bond motifs is 1. The standard InChI is InChI=1S/C20H22BrNO2/c21-18-8-5-15(6-9-18)13-20(23)22-11-12-24-19-10-7-16-3-1-2-4-17(16)14-19/h5-10,14H,1-4,11-13H2,(H,22,23). The SMILES string of the molecule is O=C(Cc1ccc(Br)cc1)NCCOc1ccc2c(c1)CCCC2. The third-order valence-electron chi connectivity index (χ3n) is 4.29. The highest BCUT2D eigenvalue weighted by Gasteiger charge is 2.10. The van der Waals surface area contributed by atoms with E-state index in [1.165, 1.54) is 30.4 Å². The summed E-state index contributed by atoms with van der Waals surface area (Å²) in [5, 5.41) is 2.90. The maximum atomic E-state index is 11.9. The minimum absolute atomic E-state index is 0.0198. The molecule has 0 aromatic heterocycles. The first-order chi connectivity index (χ1) is 11.7. The second-order valence-electron chi connectivity index (χ2n) is 6.14. The lowest BCUT2D eigenvalue weighted by molar-refractivity contribution is -0.120. The summed E-state index contributed by atoms with van der Waals surface area (Å²) in [7, 11) is 0. The Labute approximate surface area is 151 Å². The summed E-state index contributed by atoms with van der Waals surface area (Å²) in [6.07, 6.45) is 5.28. The van der Waals surface area contributed by atoms with Gasteiger partial charge in [-0.2, -0.15) is 0 Å². The highest BCUT2D eigenvalue weighted by Crippen LogP contribution is 2.25. The normalized spacial score (nSPS) is 13.2. The molecule has 0 saturated carbocycles. The zero-order valence-electron chi connectivity index (χ0n) is 13.7. The molecular formula is C20H22BrNO2. The van der Waals surface area contributed by atoms with Crippen molar-refractivity contribution in [2.45, 2.75) is 32.1 Å². The van der Waals surface area contributed by atoms with E-state index in [9.17, 15) is 4.79 Å². The van der Waals surface area contributed by atoms with Crippen molar-refractivity contribution in [1.82, 2.24) is 5.32 Å². The van der Waals surface area contributed by atoms with Crippen LogP contribution in [-0.4, -0.2) is 19.1 Å². The average molecular weight is 388 g/mol. The van der Waals surface area contributed by atoms with E-state index in [4.69, 9.17) is 4.74 Å². The molecule has 1 N–H and O–H groups in total. The Balaban J connectivity index is 1.40. The molecular weight excluding hydrogens is 366 g/mol. The topological polar surface area (TPSA) is 38.3 Å². The molecule has 0 heterocycles. The molecule has 0 unspecified atom stereocenters. The molecule has 24 heavy (non-hydrogen) atoms. The fourth-order valence-electron chi connectivity index (χ4n) is 3.01. The lowest BCUT2D eigenvalue weighted by atomic mass is 9.92. The van der Waals surface area contributed by atoms with Crippen LogP contribution in [0.5, 0.6) is 5.75 Å². The lowest BCUT2D eigenvalue weighted by Gasteiger charge is -2.17. The number of halogens is 1. The fourth-order valence-corrected chi connectivity index (χ4v) is 3.27. The first kappa shape index (κ1) is 17.0. The quantitative estimate of drug-likeness (QED) is 0.758. The number of carbonyl (C=O) groups is 1. The summed E-state index contributed by atoms with van der Waals surface area (Å²) < 4.78 is 6.79. The van der Waals surface area contributed by atoms with E-state index in [1.807, 2.05) is 30.3 Å². The van der Waals surface area contributed by atoms with Gasteiger partial charge >= 0.3 is 0 Å². The molecule has 1 amide bonds. The third-order valence-corrected chi connectivity index (χ3v) is 4.82. The molecule has 0 aliphatic heterocycles. The van der Waals surface area contributed by atoms with Crippen LogP contribution in [0.4, 0.5) is 0 Å². The first-order valence-electron chi connectivity index (χ1n) is 8.46. The van der Waals surface area contributed by atoms with Crippen LogP contribution in [0, 0.1) is 0 Å². The number of hydrogen-bond acceptors (Lipinski definition) is 2. The van der Waals surface area contributed by atoms with Gasteiger partial charge in [0.1, 0.15) is 12.4 Å². The molecule has 2 aromatic rings. The zero-order chi connectivity index (χ0) is 16.8. The summed E-state index contributed by atoms with van der Waals surface area (Å²) in [5.74, 6) is 0.921. The van der Waals surface area contributed by atoms with Gasteiger partial charge < -0.3 is 10.1 Å². The Morgan fingerprint density at radius 3 is 2.58 bits per heavy atom. The van der Waals surface area contributed by atoms with Gasteiger partial charge in [0.05, 0.1) is 13.0 Å². The molecule has 0 spiro atoms. The number of rotatable bonds is 6. The van der Waals surface area contributed by atoms with Gasteiger partial charge in [-0.25, -0.2) is 0 Å². The minimum atomic E-state index is 0.0198. The predicted octanol–water partition coefficient (Wildman–Crippen LogP) is 4.07. The molecule has 2 aromatic carbocycles. The Kier molecular flexibility index (Phi) is 5.91. The van der Waals surface area contributed by atoms with Crippen molar-refractivity contribution in [3.63, 3.8) is 0 Å². The largest absolute Gasteiger partial charge is 0.492 e. The van der Waals surface area contributed by atoms with Gasteiger partial charge in [0.15, 0.2) is 0 Å². The molecule has 4 heteroatoms. The van der Waals surface area contributed by atoms with Crippen LogP contribution in [0.2, 0.25) is 0 Å². The monoisotopic (exact) mass is 387 g/mol. The average Bonchev–Trinajstić information content (AvgIpc) is 2.60. The lowest BCUT2D eigenvalue weighted by Crippen LogP contribution is -2.29. The van der Waals surface area contributed by atoms with Crippen molar-refractivity contribution >= 4 is 21.8 Å². The minimum Gasteiger partial charge on any atom is -0.492 e. The summed E-state index contributed by atoms with van der Waals surface area (Å²) >= 11 is 3.39. The fraction of sp³-hybridized carbons (Fsp3) is 0.350. The Bertz CT molecular complexity index is 697. The van der Waals surface area contributed by atoms with Crippen LogP contribution in [0.15, 0.2) is 46.9 Å². The number of benzene rings is 2. The van der Waals surface area contributed by atoms with Crippen LogP contribution in [0.25, 0.3) is 0 Å². The number of carbonyl (C=O) groups excluding carboxylic acids is 1. The Morgan fingerprint density at radius 2 is 1.79 bits per heavy atom. The molecule has 0 bridgehead atoms. The molecule has 0 saturated heterocycles. The van der Waals surface area contributed by atoms with E-state index in [2.05, 4.69) is 33.4 Å². The van der Waals surface area contributed by atoms with E-state index in [0.717, 1.165) is 22.2 Å². The summed E-state index contributed by atoms with van der Waals surface area (Å²) in [5.41, 5.74) is 3.88. The van der Waals surface area contributed by atoms with Crippen molar-refractivity contribution in [1.29, 1.82) is 0 Å². The maximum absolute atomic E-state index is 11.9. The van der Waals surface area contributed by atoms with Crippen LogP contribution in [0.3, 0.4) is 0 Å². The number of aryl methyl sites for hydroxylation is 2. The summed E-state index contributed by atoms with van der Waals surface area (Å²) in [6, 6.07) is 14.2. The maximum Gasteiger partial charge on any atom is 0.224 e. The van der Waals surface area contributed by atoms with Crippen LogP contribution < -0.4 is 10.1 Å². The van der Waals surface area contributed by atoms with Crippen LogP contribution >= 0.6 is 15.9 Å². The molecule has 3 nitrogen and oxygen atoms in total. The highest BCUT2D eigenvalue weighted by atomic mass is 79.9. The molecule has 3 rings (SSSR count). The second kappa shape index (κ2) is 8.34. The van der Waals surface area contributed by atoms with E-state index in [1.54, 1.807) is 0 Å². The molecule has 1 aliphatic rings. The van der Waals surface area contributed by atoms with Crippen molar-refractivity contribution in [2.24, 2.45) is 0 Å². The number of amides is 1. The predicted molar refractivity (Wildman–Crippen MR) is 99.4 cm³/mol. The van der Waals surface area contributed by atoms with Crippen molar-refractivity contribution in [3.8, 4) is 5.75 Å². The van der Waals surface area contributed by atoms with Gasteiger partial charge in [0.25, 0.3) is 0 Å². The third kappa shape index (κ3) is 4.84. The second-order valence-corrected chi connectivity index (χ2v) is 7.05. The van der Waals surface area contributed by atoms with E-state index in [-0.39, 0.29) is 5.91 Å². The molecule has 0 fully saturated rings. The number of hydrogen-bond donors (Lipinski definition) is 1. The Hall–Kier alpha value is -1.81. The van der Waals surface area contributed by atoms with Gasteiger partial charge in [0.2, 0.25) is 5.91 Å². The van der Waals surface area contributed by atoms with Crippen molar-refractivity contribution < 1.29 is 9.53 Å². The molecule has 0 radical (unpaired) electrons. The molecule has 0 atom stereocenters. The summed E-state index contributed by atoms with van der Waals surface area (Å²) in [6.45, 7) is 1.01. The first-order valence-corrected chi connectivity index (χ1v) is 9.26. The van der Waals surface area contributed by atoms with Crippen molar-refractivity contribution in [2.75, 3.05) is 13.2 Å². The van der Waals surface area contributed by atoms with Gasteiger partial charge in [-0.1, -0.05) is 34.1 Å². The smallest absolute Gasteiger partial charge is 0.224 e. The van der Waals surface area contributed by atoms with Gasteiger partial charge in [0, 0.05) is 4.47 Å². The van der Waals surface area contributed by atoms with Crippen LogP contribution in [0.1, 0.15) is 29.5 Å².